The first-order chi connectivity index (χ1) is 12.2. The third-order valence-electron chi connectivity index (χ3n) is 3.86. The van der Waals surface area contributed by atoms with E-state index in [0.717, 1.165) is 21.7 Å². The van der Waals surface area contributed by atoms with E-state index in [1.807, 2.05) is 19.1 Å². The van der Waals surface area contributed by atoms with Crippen LogP contribution >= 0.6 is 15.9 Å². The number of hydrogen-bond acceptors (Lipinski definition) is 3. The molecule has 26 heavy (non-hydrogen) atoms. The third kappa shape index (κ3) is 3.53. The number of rotatable bonds is 3. The zero-order valence-corrected chi connectivity index (χ0v) is 15.9. The lowest BCUT2D eigenvalue weighted by Gasteiger charge is -2.12. The molecular formula is C18H13BrF2N2O2S. The highest BCUT2D eigenvalue weighted by Gasteiger charge is 2.21. The lowest BCUT2D eigenvalue weighted by molar-refractivity contribution is 0.555. The van der Waals surface area contributed by atoms with Gasteiger partial charge >= 0.3 is 0 Å². The van der Waals surface area contributed by atoms with E-state index in [2.05, 4.69) is 20.9 Å². The first-order valence-corrected chi connectivity index (χ1v) is 9.76. The molecule has 0 unspecified atom stereocenters. The van der Waals surface area contributed by atoms with Crippen LogP contribution in [0.5, 0.6) is 0 Å². The van der Waals surface area contributed by atoms with E-state index >= 15 is 0 Å². The van der Waals surface area contributed by atoms with E-state index in [9.17, 15) is 17.2 Å². The van der Waals surface area contributed by atoms with Gasteiger partial charge in [0.1, 0.15) is 16.5 Å². The maximum Gasteiger partial charge on any atom is 0.241 e. The summed E-state index contributed by atoms with van der Waals surface area (Å²) in [4.78, 5) is 3.41. The van der Waals surface area contributed by atoms with Crippen LogP contribution in [-0.2, 0) is 10.0 Å². The van der Waals surface area contributed by atoms with Crippen molar-refractivity contribution in [2.45, 2.75) is 11.8 Å². The molecule has 134 valence electrons. The number of aromatic nitrogens is 1. The number of nitrogens with zero attached hydrogens (tertiary/aromatic N) is 1. The van der Waals surface area contributed by atoms with Gasteiger partial charge in [0.15, 0.2) is 0 Å². The number of aryl methyl sites for hydroxylation is 1. The van der Waals surface area contributed by atoms with E-state index in [4.69, 9.17) is 5.14 Å². The van der Waals surface area contributed by atoms with Crippen molar-refractivity contribution in [1.82, 2.24) is 4.98 Å². The number of nitrogens with two attached hydrogens (primary N) is 1. The lowest BCUT2D eigenvalue weighted by Crippen LogP contribution is -2.14. The molecule has 0 bridgehead atoms. The Labute approximate surface area is 157 Å². The molecule has 0 radical (unpaired) electrons. The van der Waals surface area contributed by atoms with Crippen molar-refractivity contribution in [1.29, 1.82) is 0 Å². The summed E-state index contributed by atoms with van der Waals surface area (Å²) in [7, 11) is -4.36. The zero-order chi connectivity index (χ0) is 19.1. The summed E-state index contributed by atoms with van der Waals surface area (Å²) in [6.07, 6.45) is 1.54. The Morgan fingerprint density at radius 3 is 2.42 bits per heavy atom. The van der Waals surface area contributed by atoms with Crippen molar-refractivity contribution in [3.63, 3.8) is 0 Å². The topological polar surface area (TPSA) is 73.0 Å². The highest BCUT2D eigenvalue weighted by molar-refractivity contribution is 9.10. The largest absolute Gasteiger partial charge is 0.256 e. The number of sulfonamides is 1. The van der Waals surface area contributed by atoms with Crippen LogP contribution < -0.4 is 5.14 Å². The molecule has 4 nitrogen and oxygen atoms in total. The smallest absolute Gasteiger partial charge is 0.241 e. The average Bonchev–Trinajstić information content (AvgIpc) is 2.58. The molecule has 0 saturated carbocycles. The standard InChI is InChI=1S/C18H13BrF2N2O2S/c1-10-7-11(4-5-14(10)19)18-12(3-2-6-23-18)13-8-16(21)17(9-15(13)20)26(22,24)25/h2-9H,1H3,(H2,22,24,25). The molecule has 0 amide bonds. The van der Waals surface area contributed by atoms with Gasteiger partial charge in [-0.25, -0.2) is 22.3 Å². The van der Waals surface area contributed by atoms with Crippen molar-refractivity contribution in [3.8, 4) is 22.4 Å². The average molecular weight is 439 g/mol. The van der Waals surface area contributed by atoms with Crippen LogP contribution in [0, 0.1) is 18.6 Å². The molecule has 0 fully saturated rings. The minimum absolute atomic E-state index is 0.0985. The summed E-state index contributed by atoms with van der Waals surface area (Å²) in [5.74, 6) is -2.02. The molecule has 0 atom stereocenters. The van der Waals surface area contributed by atoms with Crippen LogP contribution in [0.2, 0.25) is 0 Å². The highest BCUT2D eigenvalue weighted by atomic mass is 79.9. The van der Waals surface area contributed by atoms with Crippen molar-refractivity contribution < 1.29 is 17.2 Å². The first kappa shape index (κ1) is 18.6. The van der Waals surface area contributed by atoms with Gasteiger partial charge in [-0.15, -0.1) is 0 Å². The van der Waals surface area contributed by atoms with Crippen molar-refractivity contribution >= 4 is 26.0 Å². The molecule has 2 aromatic carbocycles. The molecule has 3 aromatic rings. The number of halogens is 3. The van der Waals surface area contributed by atoms with Gasteiger partial charge in [0.05, 0.1) is 5.69 Å². The van der Waals surface area contributed by atoms with Gasteiger partial charge < -0.3 is 0 Å². The molecule has 1 aromatic heterocycles. The van der Waals surface area contributed by atoms with Crippen LogP contribution in [0.25, 0.3) is 22.4 Å². The maximum atomic E-state index is 14.6. The van der Waals surface area contributed by atoms with Crippen molar-refractivity contribution in [3.05, 3.63) is 70.3 Å². The van der Waals surface area contributed by atoms with Gasteiger partial charge in [-0.05, 0) is 42.8 Å². The van der Waals surface area contributed by atoms with E-state index in [1.165, 1.54) is 0 Å². The summed E-state index contributed by atoms with van der Waals surface area (Å²) in [6.45, 7) is 1.90. The minimum atomic E-state index is -4.36. The van der Waals surface area contributed by atoms with Crippen LogP contribution in [-0.4, -0.2) is 13.4 Å². The fourth-order valence-corrected chi connectivity index (χ4v) is 3.44. The third-order valence-corrected chi connectivity index (χ3v) is 5.67. The predicted octanol–water partition coefficient (Wildman–Crippen LogP) is 4.41. The SMILES string of the molecule is Cc1cc(-c2ncccc2-c2cc(F)c(S(N)(=O)=O)cc2F)ccc1Br. The van der Waals surface area contributed by atoms with Gasteiger partial charge in [0, 0.05) is 27.4 Å². The summed E-state index contributed by atoms with van der Waals surface area (Å²) in [6, 6.07) is 10.1. The zero-order valence-electron chi connectivity index (χ0n) is 13.5. The van der Waals surface area contributed by atoms with Crippen molar-refractivity contribution in [2.24, 2.45) is 5.14 Å². The Morgan fingerprint density at radius 1 is 1.04 bits per heavy atom. The second-order valence-corrected chi connectivity index (χ2v) is 8.06. The molecular weight excluding hydrogens is 426 g/mol. The van der Waals surface area contributed by atoms with Crippen molar-refractivity contribution in [2.75, 3.05) is 0 Å². The quantitative estimate of drug-likeness (QED) is 0.657. The molecule has 1 heterocycles. The van der Waals surface area contributed by atoms with Gasteiger partial charge in [0.2, 0.25) is 10.0 Å². The van der Waals surface area contributed by atoms with Crippen LogP contribution in [0.3, 0.4) is 0 Å². The summed E-state index contributed by atoms with van der Waals surface area (Å²) in [5.41, 5.74) is 2.36. The molecule has 0 saturated heterocycles. The van der Waals surface area contributed by atoms with Crippen LogP contribution in [0.1, 0.15) is 5.56 Å². The number of primary sulfonamides is 1. The Bertz CT molecular complexity index is 1120. The monoisotopic (exact) mass is 438 g/mol. The summed E-state index contributed by atoms with van der Waals surface area (Å²) in [5, 5.41) is 4.92. The Morgan fingerprint density at radius 2 is 1.77 bits per heavy atom. The van der Waals surface area contributed by atoms with E-state index in [-0.39, 0.29) is 5.56 Å². The molecule has 0 spiro atoms. The molecule has 2 N–H and O–H groups in total. The second kappa shape index (κ2) is 6.86. The van der Waals surface area contributed by atoms with Gasteiger partial charge in [-0.3, -0.25) is 4.98 Å². The number of pyridine rings is 1. The first-order valence-electron chi connectivity index (χ1n) is 7.42. The fourth-order valence-electron chi connectivity index (χ4n) is 2.60. The number of benzene rings is 2. The fraction of sp³-hybridized carbons (Fsp3) is 0.0556. The molecule has 3 rings (SSSR count). The molecule has 8 heteroatoms. The van der Waals surface area contributed by atoms with Crippen LogP contribution in [0.15, 0.2) is 58.0 Å². The normalized spacial score (nSPS) is 11.6. The highest BCUT2D eigenvalue weighted by Crippen LogP contribution is 2.34. The molecule has 0 aliphatic rings. The van der Waals surface area contributed by atoms with Crippen LogP contribution in [0.4, 0.5) is 8.78 Å². The molecule has 0 aliphatic heterocycles. The Kier molecular flexibility index (Phi) is 4.92. The van der Waals surface area contributed by atoms with Gasteiger partial charge in [0.25, 0.3) is 0 Å². The molecule has 0 aliphatic carbocycles. The summed E-state index contributed by atoms with van der Waals surface area (Å²) >= 11 is 3.41. The number of hydrogen-bond donors (Lipinski definition) is 1. The van der Waals surface area contributed by atoms with Gasteiger partial charge in [-0.2, -0.15) is 0 Å². The minimum Gasteiger partial charge on any atom is -0.256 e. The van der Waals surface area contributed by atoms with E-state index < -0.39 is 26.6 Å². The predicted molar refractivity (Wildman–Crippen MR) is 98.8 cm³/mol. The van der Waals surface area contributed by atoms with E-state index in [1.54, 1.807) is 24.4 Å². The Hall–Kier alpha value is -2.16. The van der Waals surface area contributed by atoms with Gasteiger partial charge in [-0.1, -0.05) is 28.1 Å². The lowest BCUT2D eigenvalue weighted by atomic mass is 9.98. The maximum absolute atomic E-state index is 14.6. The van der Waals surface area contributed by atoms with E-state index in [0.29, 0.717) is 17.3 Å². The second-order valence-electron chi connectivity index (χ2n) is 5.67. The Balaban J connectivity index is 2.23. The summed E-state index contributed by atoms with van der Waals surface area (Å²) < 4.78 is 52.4.